The summed E-state index contributed by atoms with van der Waals surface area (Å²) in [7, 11) is 0. The van der Waals surface area contributed by atoms with Crippen molar-refractivity contribution in [2.45, 2.75) is 26.8 Å². The molecule has 0 aliphatic carbocycles. The number of allylic oxidation sites excluding steroid dienone is 1. The van der Waals surface area contributed by atoms with E-state index >= 15 is 0 Å². The summed E-state index contributed by atoms with van der Waals surface area (Å²) >= 11 is 0. The topological polar surface area (TPSA) is 24.9 Å². The molecule has 1 heterocycles. The summed E-state index contributed by atoms with van der Waals surface area (Å²) < 4.78 is 0. The van der Waals surface area contributed by atoms with Crippen LogP contribution in [0, 0.1) is 6.92 Å². The van der Waals surface area contributed by atoms with Crippen LogP contribution in [0.25, 0.3) is 10.9 Å². The maximum absolute atomic E-state index is 4.56. The second-order valence-corrected chi connectivity index (χ2v) is 4.47. The van der Waals surface area contributed by atoms with Crippen molar-refractivity contribution in [2.75, 3.05) is 6.54 Å². The van der Waals surface area contributed by atoms with Gasteiger partial charge >= 0.3 is 0 Å². The maximum atomic E-state index is 4.56. The van der Waals surface area contributed by atoms with Crippen molar-refractivity contribution in [1.29, 1.82) is 0 Å². The first kappa shape index (κ1) is 12.8. The normalized spacial score (nSPS) is 11.4. The fraction of sp³-hybridized carbons (Fsp3) is 0.312. The Hall–Kier alpha value is -1.67. The second kappa shape index (κ2) is 6.31. The minimum absolute atomic E-state index is 0.904. The molecular weight excluding hydrogens is 220 g/mol. The highest BCUT2D eigenvalue weighted by molar-refractivity contribution is 5.82. The zero-order valence-electron chi connectivity index (χ0n) is 11.1. The van der Waals surface area contributed by atoms with E-state index in [0.29, 0.717) is 0 Å². The van der Waals surface area contributed by atoms with E-state index in [1.807, 2.05) is 6.07 Å². The lowest BCUT2D eigenvalue weighted by Gasteiger charge is -2.08. The molecular formula is C16H20N2. The van der Waals surface area contributed by atoms with Gasteiger partial charge in [-0.15, -0.1) is 0 Å². The van der Waals surface area contributed by atoms with E-state index < -0.39 is 0 Å². The van der Waals surface area contributed by atoms with Gasteiger partial charge in [0.05, 0.1) is 5.52 Å². The molecule has 1 aromatic heterocycles. The smallest absolute Gasteiger partial charge is 0.0708 e. The molecule has 2 aromatic rings. The summed E-state index contributed by atoms with van der Waals surface area (Å²) in [5.74, 6) is 0. The van der Waals surface area contributed by atoms with Gasteiger partial charge in [0, 0.05) is 17.6 Å². The van der Waals surface area contributed by atoms with Gasteiger partial charge in [0.1, 0.15) is 0 Å². The molecule has 1 aromatic carbocycles. The third kappa shape index (κ3) is 3.17. The second-order valence-electron chi connectivity index (χ2n) is 4.47. The Morgan fingerprint density at radius 2 is 2.11 bits per heavy atom. The zero-order chi connectivity index (χ0) is 12.8. The Kier molecular flexibility index (Phi) is 4.48. The molecule has 0 spiro atoms. The summed E-state index contributed by atoms with van der Waals surface area (Å²) in [5.41, 5.74) is 3.50. The molecule has 0 fully saturated rings. The highest BCUT2D eigenvalue weighted by Gasteiger charge is 2.02. The van der Waals surface area contributed by atoms with Crippen LogP contribution in [0.15, 0.2) is 42.5 Å². The highest BCUT2D eigenvalue weighted by Crippen LogP contribution is 2.17. The lowest BCUT2D eigenvalue weighted by Crippen LogP contribution is -2.14. The van der Waals surface area contributed by atoms with Crippen LogP contribution in [0.2, 0.25) is 0 Å². The van der Waals surface area contributed by atoms with Crippen molar-refractivity contribution in [3.63, 3.8) is 0 Å². The van der Waals surface area contributed by atoms with E-state index in [2.05, 4.69) is 60.6 Å². The van der Waals surface area contributed by atoms with Crippen molar-refractivity contribution in [3.8, 4) is 0 Å². The van der Waals surface area contributed by atoms with Crippen LogP contribution in [-0.4, -0.2) is 11.5 Å². The van der Waals surface area contributed by atoms with Crippen molar-refractivity contribution in [2.24, 2.45) is 0 Å². The number of benzene rings is 1. The van der Waals surface area contributed by atoms with Gasteiger partial charge in [0.25, 0.3) is 0 Å². The monoisotopic (exact) mass is 240 g/mol. The number of hydrogen-bond donors (Lipinski definition) is 1. The summed E-state index contributed by atoms with van der Waals surface area (Å²) in [4.78, 5) is 4.56. The molecule has 0 atom stereocenters. The largest absolute Gasteiger partial charge is 0.312 e. The van der Waals surface area contributed by atoms with Crippen LogP contribution >= 0.6 is 0 Å². The molecule has 1 N–H and O–H groups in total. The summed E-state index contributed by atoms with van der Waals surface area (Å²) in [5, 5.41) is 4.73. The minimum atomic E-state index is 0.904. The fourth-order valence-corrected chi connectivity index (χ4v) is 2.12. The molecule has 94 valence electrons. The van der Waals surface area contributed by atoms with Gasteiger partial charge in [0.15, 0.2) is 0 Å². The summed E-state index contributed by atoms with van der Waals surface area (Å²) in [6.45, 7) is 6.02. The summed E-state index contributed by atoms with van der Waals surface area (Å²) in [6.07, 6.45) is 5.36. The Morgan fingerprint density at radius 3 is 2.94 bits per heavy atom. The molecule has 0 radical (unpaired) electrons. The van der Waals surface area contributed by atoms with Crippen LogP contribution < -0.4 is 5.32 Å². The van der Waals surface area contributed by atoms with Gasteiger partial charge in [0.2, 0.25) is 0 Å². The lowest BCUT2D eigenvalue weighted by molar-refractivity contribution is 0.697. The van der Waals surface area contributed by atoms with Gasteiger partial charge in [-0.3, -0.25) is 4.98 Å². The number of rotatable bonds is 5. The van der Waals surface area contributed by atoms with Gasteiger partial charge in [-0.2, -0.15) is 0 Å². The molecule has 18 heavy (non-hydrogen) atoms. The Bertz CT molecular complexity index is 544. The minimum Gasteiger partial charge on any atom is -0.312 e. The number of aryl methyl sites for hydroxylation is 1. The summed E-state index contributed by atoms with van der Waals surface area (Å²) in [6, 6.07) is 10.5. The van der Waals surface area contributed by atoms with Gasteiger partial charge in [-0.1, -0.05) is 30.4 Å². The number of pyridine rings is 1. The van der Waals surface area contributed by atoms with Crippen LogP contribution in [0.5, 0.6) is 0 Å². The van der Waals surface area contributed by atoms with E-state index in [1.54, 1.807) is 0 Å². The van der Waals surface area contributed by atoms with E-state index in [9.17, 15) is 0 Å². The van der Waals surface area contributed by atoms with E-state index in [4.69, 9.17) is 0 Å². The predicted molar refractivity (Wildman–Crippen MR) is 77.6 cm³/mol. The van der Waals surface area contributed by atoms with Crippen molar-refractivity contribution in [3.05, 3.63) is 53.7 Å². The molecule has 2 nitrogen and oxygen atoms in total. The molecule has 0 saturated heterocycles. The molecule has 0 saturated carbocycles. The van der Waals surface area contributed by atoms with E-state index in [1.165, 1.54) is 10.9 Å². The maximum Gasteiger partial charge on any atom is 0.0708 e. The standard InChI is InChI=1S/C16H20N2/c1-3-4-7-10-17-12-14-11-13(2)18-16-9-6-5-8-15(14)16/h3-6,8-9,11,17H,7,10,12H2,1-2H3/b4-3+. The molecule has 0 unspecified atom stereocenters. The number of hydrogen-bond acceptors (Lipinski definition) is 2. The fourth-order valence-electron chi connectivity index (χ4n) is 2.12. The molecule has 0 bridgehead atoms. The lowest BCUT2D eigenvalue weighted by atomic mass is 10.1. The number of nitrogens with one attached hydrogen (secondary N) is 1. The average molecular weight is 240 g/mol. The Morgan fingerprint density at radius 1 is 1.28 bits per heavy atom. The van der Waals surface area contributed by atoms with Crippen LogP contribution in [0.4, 0.5) is 0 Å². The quantitative estimate of drug-likeness (QED) is 0.638. The number of fused-ring (bicyclic) bond motifs is 1. The third-order valence-electron chi connectivity index (χ3n) is 2.97. The Balaban J connectivity index is 2.12. The number of para-hydroxylation sites is 1. The van der Waals surface area contributed by atoms with Gasteiger partial charge in [-0.25, -0.2) is 0 Å². The molecule has 0 amide bonds. The van der Waals surface area contributed by atoms with E-state index in [0.717, 1.165) is 30.7 Å². The van der Waals surface area contributed by atoms with Crippen LogP contribution in [-0.2, 0) is 6.54 Å². The van der Waals surface area contributed by atoms with Crippen molar-refractivity contribution >= 4 is 10.9 Å². The van der Waals surface area contributed by atoms with Crippen LogP contribution in [0.3, 0.4) is 0 Å². The molecule has 0 aliphatic rings. The van der Waals surface area contributed by atoms with Crippen molar-refractivity contribution < 1.29 is 0 Å². The van der Waals surface area contributed by atoms with Crippen molar-refractivity contribution in [1.82, 2.24) is 10.3 Å². The van der Waals surface area contributed by atoms with Gasteiger partial charge < -0.3 is 5.32 Å². The average Bonchev–Trinajstić information content (AvgIpc) is 2.38. The van der Waals surface area contributed by atoms with Gasteiger partial charge in [-0.05, 0) is 44.5 Å². The first-order chi connectivity index (χ1) is 8.81. The SMILES string of the molecule is C/C=C/CCNCc1cc(C)nc2ccccc12. The van der Waals surface area contributed by atoms with Crippen LogP contribution in [0.1, 0.15) is 24.6 Å². The molecule has 2 heteroatoms. The van der Waals surface area contributed by atoms with E-state index in [-0.39, 0.29) is 0 Å². The third-order valence-corrected chi connectivity index (χ3v) is 2.97. The Labute approximate surface area is 109 Å². The number of aromatic nitrogens is 1. The highest BCUT2D eigenvalue weighted by atomic mass is 14.8. The first-order valence-electron chi connectivity index (χ1n) is 6.48. The molecule has 0 aliphatic heterocycles. The molecule has 2 rings (SSSR count). The predicted octanol–water partition coefficient (Wildman–Crippen LogP) is 3.60. The zero-order valence-corrected chi connectivity index (χ0v) is 11.1. The number of nitrogens with zero attached hydrogens (tertiary/aromatic N) is 1. The first-order valence-corrected chi connectivity index (χ1v) is 6.48.